The summed E-state index contributed by atoms with van der Waals surface area (Å²) in [5.74, 6) is -0.499. The molecule has 0 aromatic rings. The van der Waals surface area contributed by atoms with Crippen molar-refractivity contribution in [3.63, 3.8) is 0 Å². The quantitative estimate of drug-likeness (QED) is 0.152. The maximum absolute atomic E-state index is 11.3. The first kappa shape index (κ1) is 21.7. The number of aliphatic hydroxyl groups is 1. The predicted molar refractivity (Wildman–Crippen MR) is 99.6 cm³/mol. The lowest BCUT2D eigenvalue weighted by Crippen LogP contribution is -2.18. The van der Waals surface area contributed by atoms with Crippen LogP contribution in [0.1, 0.15) is 90.9 Å². The maximum Gasteiger partial charge on any atom is 0.333 e. The fourth-order valence-electron chi connectivity index (χ4n) is 3.40. The van der Waals surface area contributed by atoms with Crippen molar-refractivity contribution in [1.29, 1.82) is 0 Å². The molecule has 25 heavy (non-hydrogen) atoms. The second kappa shape index (κ2) is 12.9. The Morgan fingerprint density at radius 2 is 1.68 bits per heavy atom. The third-order valence-corrected chi connectivity index (χ3v) is 4.89. The number of esters is 1. The number of rotatable bonds is 14. The molecule has 2 N–H and O–H groups in total. The Kier molecular flexibility index (Phi) is 11.2. The second-order valence-corrected chi connectivity index (χ2v) is 7.14. The Morgan fingerprint density at radius 1 is 1.12 bits per heavy atom. The van der Waals surface area contributed by atoms with Crippen LogP contribution in [0.2, 0.25) is 0 Å². The number of nitrogens with zero attached hydrogens (tertiary/aromatic N) is 1. The van der Waals surface area contributed by atoms with E-state index in [1.54, 1.807) is 6.92 Å². The van der Waals surface area contributed by atoms with Crippen LogP contribution in [0.15, 0.2) is 16.8 Å². The first-order chi connectivity index (χ1) is 12.1. The molecule has 5 nitrogen and oxygen atoms in total. The topological polar surface area (TPSA) is 79.1 Å². The first-order valence-electron chi connectivity index (χ1n) is 9.86. The summed E-state index contributed by atoms with van der Waals surface area (Å²) >= 11 is 0. The Balaban J connectivity index is 2.25. The van der Waals surface area contributed by atoms with Crippen LogP contribution in [0.3, 0.4) is 0 Å². The summed E-state index contributed by atoms with van der Waals surface area (Å²) in [7, 11) is 0. The largest absolute Gasteiger partial charge is 0.429 e. The lowest BCUT2D eigenvalue weighted by Gasteiger charge is -2.19. The Morgan fingerprint density at radius 3 is 2.16 bits per heavy atom. The molecule has 0 fully saturated rings. The van der Waals surface area contributed by atoms with E-state index >= 15 is 0 Å². The molecule has 2 atom stereocenters. The number of carbonyl (C=O) groups is 1. The fourth-order valence-corrected chi connectivity index (χ4v) is 3.40. The molecule has 0 bridgehead atoms. The summed E-state index contributed by atoms with van der Waals surface area (Å²) in [6, 6.07) is 0. The molecule has 5 heteroatoms. The molecule has 0 saturated carbocycles. The average molecular weight is 354 g/mol. The van der Waals surface area contributed by atoms with Crippen molar-refractivity contribution >= 4 is 11.7 Å². The van der Waals surface area contributed by atoms with Gasteiger partial charge in [0.2, 0.25) is 6.29 Å². The van der Waals surface area contributed by atoms with E-state index in [4.69, 9.17) is 9.94 Å². The van der Waals surface area contributed by atoms with Gasteiger partial charge in [-0.3, -0.25) is 0 Å². The molecule has 0 aliphatic carbocycles. The molecule has 0 aromatic carbocycles. The minimum atomic E-state index is -1.15. The van der Waals surface area contributed by atoms with Crippen molar-refractivity contribution in [1.82, 2.24) is 0 Å². The van der Waals surface area contributed by atoms with Crippen LogP contribution in [0.4, 0.5) is 0 Å². The van der Waals surface area contributed by atoms with E-state index in [0.717, 1.165) is 19.3 Å². The number of carbonyl (C=O) groups excluding carboxylic acids is 1. The van der Waals surface area contributed by atoms with Gasteiger partial charge >= 0.3 is 5.97 Å². The molecule has 0 aromatic heterocycles. The molecule has 1 aliphatic heterocycles. The number of hydrogen-bond acceptors (Lipinski definition) is 5. The van der Waals surface area contributed by atoms with E-state index in [9.17, 15) is 9.90 Å². The SMILES string of the molecule is CCCCCCCCCCCCC(C/C(C)=N/O)C1=CC(=O)OC1O. The second-order valence-electron chi connectivity index (χ2n) is 7.14. The van der Waals surface area contributed by atoms with Crippen LogP contribution in [-0.2, 0) is 9.53 Å². The minimum Gasteiger partial charge on any atom is -0.429 e. The van der Waals surface area contributed by atoms with Gasteiger partial charge in [-0.15, -0.1) is 0 Å². The van der Waals surface area contributed by atoms with E-state index < -0.39 is 12.3 Å². The van der Waals surface area contributed by atoms with Gasteiger partial charge in [0.25, 0.3) is 0 Å². The first-order valence-corrected chi connectivity index (χ1v) is 9.86. The fraction of sp³-hybridized carbons (Fsp3) is 0.800. The summed E-state index contributed by atoms with van der Waals surface area (Å²) in [6.07, 6.45) is 14.4. The zero-order valence-electron chi connectivity index (χ0n) is 15.9. The van der Waals surface area contributed by atoms with Crippen molar-refractivity contribution in [2.45, 2.75) is 97.2 Å². The summed E-state index contributed by atoms with van der Waals surface area (Å²) in [6.45, 7) is 3.99. The minimum absolute atomic E-state index is 0.00797. The van der Waals surface area contributed by atoms with Crippen LogP contribution < -0.4 is 0 Å². The van der Waals surface area contributed by atoms with E-state index in [2.05, 4.69) is 12.1 Å². The normalized spacial score (nSPS) is 19.0. The monoisotopic (exact) mass is 353 g/mol. The number of oxime groups is 1. The summed E-state index contributed by atoms with van der Waals surface area (Å²) in [5, 5.41) is 22.0. The Hall–Kier alpha value is -1.36. The number of cyclic esters (lactones) is 1. The zero-order chi connectivity index (χ0) is 18.5. The third-order valence-electron chi connectivity index (χ3n) is 4.89. The Bertz CT molecular complexity index is 445. The molecule has 0 amide bonds. The highest BCUT2D eigenvalue weighted by atomic mass is 16.6. The molecule has 1 heterocycles. The summed E-state index contributed by atoms with van der Waals surface area (Å²) in [4.78, 5) is 11.3. The van der Waals surface area contributed by atoms with Crippen molar-refractivity contribution in [3.8, 4) is 0 Å². The van der Waals surface area contributed by atoms with Gasteiger partial charge in [-0.05, 0) is 25.7 Å². The van der Waals surface area contributed by atoms with Crippen molar-refractivity contribution in [2.24, 2.45) is 11.1 Å². The summed E-state index contributed by atoms with van der Waals surface area (Å²) in [5.41, 5.74) is 1.22. The number of unbranched alkanes of at least 4 members (excludes halogenated alkanes) is 9. The van der Waals surface area contributed by atoms with Gasteiger partial charge in [0.1, 0.15) is 0 Å². The van der Waals surface area contributed by atoms with Gasteiger partial charge in [0, 0.05) is 11.6 Å². The summed E-state index contributed by atoms with van der Waals surface area (Å²) < 4.78 is 4.79. The standard InChI is InChI=1S/C20H35NO4/c1-3-4-5-6-7-8-9-10-11-12-13-17(14-16(2)21-24)18-15-19(22)25-20(18)23/h15,17,20,23-24H,3-14H2,1-2H3/b21-16+. The third kappa shape index (κ3) is 9.05. The molecule has 1 aliphatic rings. The molecule has 0 radical (unpaired) electrons. The number of ether oxygens (including phenoxy) is 1. The van der Waals surface area contributed by atoms with Gasteiger partial charge in [-0.2, -0.15) is 0 Å². The van der Waals surface area contributed by atoms with Gasteiger partial charge in [0.15, 0.2) is 0 Å². The lowest BCUT2D eigenvalue weighted by atomic mass is 9.88. The highest BCUT2D eigenvalue weighted by Gasteiger charge is 2.30. The molecule has 2 unspecified atom stereocenters. The van der Waals surface area contributed by atoms with E-state index in [1.807, 2.05) is 0 Å². The van der Waals surface area contributed by atoms with E-state index in [-0.39, 0.29) is 5.92 Å². The average Bonchev–Trinajstić information content (AvgIpc) is 2.93. The van der Waals surface area contributed by atoms with Crippen LogP contribution in [0.25, 0.3) is 0 Å². The van der Waals surface area contributed by atoms with E-state index in [1.165, 1.54) is 57.4 Å². The van der Waals surface area contributed by atoms with Crippen molar-refractivity contribution in [2.75, 3.05) is 0 Å². The lowest BCUT2D eigenvalue weighted by molar-refractivity contribution is -0.151. The molecule has 144 valence electrons. The van der Waals surface area contributed by atoms with Gasteiger partial charge in [0.05, 0.1) is 5.71 Å². The van der Waals surface area contributed by atoms with E-state index in [0.29, 0.717) is 17.7 Å². The zero-order valence-corrected chi connectivity index (χ0v) is 15.9. The van der Waals surface area contributed by atoms with Gasteiger partial charge in [-0.25, -0.2) is 4.79 Å². The Labute approximate surface area is 152 Å². The van der Waals surface area contributed by atoms with Crippen LogP contribution in [0, 0.1) is 5.92 Å². The van der Waals surface area contributed by atoms with Crippen molar-refractivity contribution < 1.29 is 19.8 Å². The molecule has 0 saturated heterocycles. The maximum atomic E-state index is 11.3. The highest BCUT2D eigenvalue weighted by Crippen LogP contribution is 2.29. The van der Waals surface area contributed by atoms with Crippen LogP contribution in [0.5, 0.6) is 0 Å². The van der Waals surface area contributed by atoms with Crippen LogP contribution >= 0.6 is 0 Å². The highest BCUT2D eigenvalue weighted by molar-refractivity contribution is 5.86. The van der Waals surface area contributed by atoms with Gasteiger partial charge < -0.3 is 15.1 Å². The predicted octanol–water partition coefficient (Wildman–Crippen LogP) is 4.96. The molecule has 0 spiro atoms. The number of aliphatic hydroxyl groups excluding tert-OH is 1. The van der Waals surface area contributed by atoms with Crippen LogP contribution in [-0.4, -0.2) is 28.3 Å². The smallest absolute Gasteiger partial charge is 0.333 e. The molecular formula is C20H35NO4. The van der Waals surface area contributed by atoms with Gasteiger partial charge in [-0.1, -0.05) is 76.3 Å². The molecule has 1 rings (SSSR count). The van der Waals surface area contributed by atoms with Crippen molar-refractivity contribution in [3.05, 3.63) is 11.6 Å². The number of hydrogen-bond donors (Lipinski definition) is 2. The molecular weight excluding hydrogens is 318 g/mol.